The zero-order chi connectivity index (χ0) is 12.0. The average Bonchev–Trinajstić information content (AvgIpc) is 2.27. The summed E-state index contributed by atoms with van der Waals surface area (Å²) >= 11 is 4.89. The number of thiocarbonyl (C=S) groups is 1. The Kier molecular flexibility index (Phi) is 4.88. The monoisotopic (exact) mass is 238 g/mol. The van der Waals surface area contributed by atoms with Crippen LogP contribution in [0.1, 0.15) is 17.3 Å². The largest absolute Gasteiger partial charge is 0.392 e. The first-order valence-electron chi connectivity index (χ1n) is 4.92. The SMILES string of the molecule is C[C@H](O)CNC(=S)NC(=O)c1ccccc1. The number of benzene rings is 1. The second-order valence-electron chi connectivity index (χ2n) is 3.38. The predicted octanol–water partition coefficient (Wildman–Crippen LogP) is 0.672. The van der Waals surface area contributed by atoms with Crippen LogP contribution < -0.4 is 10.6 Å². The minimum atomic E-state index is -0.508. The summed E-state index contributed by atoms with van der Waals surface area (Å²) in [7, 11) is 0. The van der Waals surface area contributed by atoms with Gasteiger partial charge in [-0.2, -0.15) is 0 Å². The molecule has 1 aromatic carbocycles. The molecule has 1 rings (SSSR count). The van der Waals surface area contributed by atoms with Crippen molar-refractivity contribution in [1.82, 2.24) is 10.6 Å². The molecule has 16 heavy (non-hydrogen) atoms. The van der Waals surface area contributed by atoms with Crippen LogP contribution >= 0.6 is 12.2 Å². The highest BCUT2D eigenvalue weighted by molar-refractivity contribution is 7.80. The summed E-state index contributed by atoms with van der Waals surface area (Å²) in [6, 6.07) is 8.79. The van der Waals surface area contributed by atoms with Crippen molar-refractivity contribution >= 4 is 23.2 Å². The van der Waals surface area contributed by atoms with Gasteiger partial charge in [-0.3, -0.25) is 10.1 Å². The molecule has 3 N–H and O–H groups in total. The molecular formula is C11H14N2O2S. The number of carbonyl (C=O) groups is 1. The lowest BCUT2D eigenvalue weighted by atomic mass is 10.2. The Bertz CT molecular complexity index is 366. The molecule has 0 fully saturated rings. The number of aliphatic hydroxyl groups excluding tert-OH is 1. The van der Waals surface area contributed by atoms with Crippen molar-refractivity contribution in [2.24, 2.45) is 0 Å². The third-order valence-corrected chi connectivity index (χ3v) is 2.07. The van der Waals surface area contributed by atoms with Crippen LogP contribution in [0.2, 0.25) is 0 Å². The average molecular weight is 238 g/mol. The van der Waals surface area contributed by atoms with E-state index in [-0.39, 0.29) is 11.0 Å². The van der Waals surface area contributed by atoms with Crippen molar-refractivity contribution in [2.45, 2.75) is 13.0 Å². The van der Waals surface area contributed by atoms with Gasteiger partial charge in [0, 0.05) is 12.1 Å². The van der Waals surface area contributed by atoms with E-state index in [4.69, 9.17) is 17.3 Å². The molecule has 0 saturated carbocycles. The summed E-state index contributed by atoms with van der Waals surface area (Å²) in [5.74, 6) is -0.260. The highest BCUT2D eigenvalue weighted by atomic mass is 32.1. The predicted molar refractivity (Wildman–Crippen MR) is 66.2 cm³/mol. The van der Waals surface area contributed by atoms with Crippen LogP contribution in [0.3, 0.4) is 0 Å². The van der Waals surface area contributed by atoms with E-state index >= 15 is 0 Å². The van der Waals surface area contributed by atoms with Crippen molar-refractivity contribution < 1.29 is 9.90 Å². The first-order valence-corrected chi connectivity index (χ1v) is 5.32. The standard InChI is InChI=1S/C11H14N2O2S/c1-8(14)7-12-11(16)13-10(15)9-5-3-2-4-6-9/h2-6,8,14H,7H2,1H3,(H2,12,13,15,16)/t8-/m0/s1. The Hall–Kier alpha value is -1.46. The highest BCUT2D eigenvalue weighted by Gasteiger charge is 2.06. The third kappa shape index (κ3) is 4.37. The Morgan fingerprint density at radius 3 is 2.62 bits per heavy atom. The van der Waals surface area contributed by atoms with E-state index in [1.54, 1.807) is 31.2 Å². The van der Waals surface area contributed by atoms with Crippen molar-refractivity contribution in [1.29, 1.82) is 0 Å². The molecular weight excluding hydrogens is 224 g/mol. The summed E-state index contributed by atoms with van der Waals surface area (Å²) in [5.41, 5.74) is 0.545. The zero-order valence-electron chi connectivity index (χ0n) is 8.93. The maximum atomic E-state index is 11.6. The van der Waals surface area contributed by atoms with Gasteiger partial charge >= 0.3 is 0 Å². The van der Waals surface area contributed by atoms with Crippen LogP contribution in [0.4, 0.5) is 0 Å². The molecule has 0 aromatic heterocycles. The van der Waals surface area contributed by atoms with E-state index < -0.39 is 6.10 Å². The van der Waals surface area contributed by atoms with Crippen molar-refractivity contribution in [2.75, 3.05) is 6.54 Å². The maximum absolute atomic E-state index is 11.6. The Morgan fingerprint density at radius 2 is 2.06 bits per heavy atom. The number of amides is 1. The first-order chi connectivity index (χ1) is 7.59. The minimum Gasteiger partial charge on any atom is -0.392 e. The number of nitrogens with one attached hydrogen (secondary N) is 2. The van der Waals surface area contributed by atoms with Crippen LogP contribution in [-0.4, -0.2) is 28.8 Å². The Labute approximate surface area is 99.7 Å². The number of carbonyl (C=O) groups excluding carboxylic acids is 1. The van der Waals surface area contributed by atoms with E-state index in [1.807, 2.05) is 6.07 Å². The third-order valence-electron chi connectivity index (χ3n) is 1.82. The fourth-order valence-corrected chi connectivity index (χ4v) is 1.23. The molecule has 4 nitrogen and oxygen atoms in total. The molecule has 1 atom stereocenters. The van der Waals surface area contributed by atoms with Gasteiger partial charge in [0.2, 0.25) is 0 Å². The van der Waals surface area contributed by atoms with Crippen LogP contribution in [-0.2, 0) is 0 Å². The van der Waals surface area contributed by atoms with Crippen molar-refractivity contribution in [3.63, 3.8) is 0 Å². The van der Waals surface area contributed by atoms with Gasteiger partial charge in [0.25, 0.3) is 5.91 Å². The molecule has 0 aliphatic carbocycles. The minimum absolute atomic E-state index is 0.217. The summed E-state index contributed by atoms with van der Waals surface area (Å²) in [5, 5.41) is 14.5. The number of rotatable bonds is 3. The highest BCUT2D eigenvalue weighted by Crippen LogP contribution is 1.97. The fourth-order valence-electron chi connectivity index (χ4n) is 1.05. The quantitative estimate of drug-likeness (QED) is 0.677. The van der Waals surface area contributed by atoms with Gasteiger partial charge in [0.15, 0.2) is 5.11 Å². The molecule has 0 unspecified atom stereocenters. The number of hydrogen-bond donors (Lipinski definition) is 3. The van der Waals surface area contributed by atoms with Gasteiger partial charge in [-0.05, 0) is 31.3 Å². The van der Waals surface area contributed by atoms with Gasteiger partial charge < -0.3 is 10.4 Å². The molecule has 0 bridgehead atoms. The summed E-state index contributed by atoms with van der Waals surface area (Å²) in [6.07, 6.45) is -0.508. The maximum Gasteiger partial charge on any atom is 0.257 e. The molecule has 1 aromatic rings. The summed E-state index contributed by atoms with van der Waals surface area (Å²) < 4.78 is 0. The molecule has 86 valence electrons. The molecule has 0 aliphatic heterocycles. The molecule has 5 heteroatoms. The van der Waals surface area contributed by atoms with E-state index in [9.17, 15) is 4.79 Å². The lowest BCUT2D eigenvalue weighted by Gasteiger charge is -2.10. The molecule has 0 saturated heterocycles. The smallest absolute Gasteiger partial charge is 0.257 e. The fraction of sp³-hybridized carbons (Fsp3) is 0.273. The van der Waals surface area contributed by atoms with Crippen LogP contribution in [0, 0.1) is 0 Å². The van der Waals surface area contributed by atoms with Crippen LogP contribution in [0.5, 0.6) is 0 Å². The second-order valence-corrected chi connectivity index (χ2v) is 3.79. The first kappa shape index (κ1) is 12.6. The van der Waals surface area contributed by atoms with E-state index in [0.717, 1.165) is 0 Å². The molecule has 1 amide bonds. The Morgan fingerprint density at radius 1 is 1.44 bits per heavy atom. The Balaban J connectivity index is 2.43. The lowest BCUT2D eigenvalue weighted by Crippen LogP contribution is -2.41. The van der Waals surface area contributed by atoms with Gasteiger partial charge in [-0.1, -0.05) is 18.2 Å². The molecule has 0 heterocycles. The topological polar surface area (TPSA) is 61.4 Å². The summed E-state index contributed by atoms with van der Waals surface area (Å²) in [4.78, 5) is 11.6. The van der Waals surface area contributed by atoms with Crippen molar-refractivity contribution in [3.8, 4) is 0 Å². The van der Waals surface area contributed by atoms with E-state index in [2.05, 4.69) is 10.6 Å². The zero-order valence-corrected chi connectivity index (χ0v) is 9.75. The molecule has 0 spiro atoms. The lowest BCUT2D eigenvalue weighted by molar-refractivity contribution is 0.0976. The van der Waals surface area contributed by atoms with E-state index in [0.29, 0.717) is 12.1 Å². The van der Waals surface area contributed by atoms with Crippen LogP contribution in [0.15, 0.2) is 30.3 Å². The molecule has 0 radical (unpaired) electrons. The van der Waals surface area contributed by atoms with Gasteiger partial charge in [-0.25, -0.2) is 0 Å². The van der Waals surface area contributed by atoms with Crippen LogP contribution in [0.25, 0.3) is 0 Å². The van der Waals surface area contributed by atoms with Crippen molar-refractivity contribution in [3.05, 3.63) is 35.9 Å². The number of hydrogen-bond acceptors (Lipinski definition) is 3. The van der Waals surface area contributed by atoms with Gasteiger partial charge in [0.05, 0.1) is 6.10 Å². The number of aliphatic hydroxyl groups is 1. The second kappa shape index (κ2) is 6.19. The van der Waals surface area contributed by atoms with Gasteiger partial charge in [0.1, 0.15) is 0 Å². The molecule has 0 aliphatic rings. The van der Waals surface area contributed by atoms with Gasteiger partial charge in [-0.15, -0.1) is 0 Å². The summed E-state index contributed by atoms with van der Waals surface area (Å²) in [6.45, 7) is 1.95. The normalized spacial score (nSPS) is 11.6. The van der Waals surface area contributed by atoms with E-state index in [1.165, 1.54) is 0 Å².